The third-order valence-corrected chi connectivity index (χ3v) is 2.29. The van der Waals surface area contributed by atoms with Crippen molar-refractivity contribution in [3.8, 4) is 0 Å². The molecule has 0 N–H and O–H groups in total. The van der Waals surface area contributed by atoms with E-state index >= 15 is 0 Å². The summed E-state index contributed by atoms with van der Waals surface area (Å²) in [5.41, 5.74) is 0.372. The second-order valence-corrected chi connectivity index (χ2v) is 5.44. The molecular formula is C12H26O. The number of ether oxygens (including phenoxy) is 1. The molecule has 0 spiro atoms. The number of methoxy groups -OCH3 is 1. The van der Waals surface area contributed by atoms with Gasteiger partial charge in [0.25, 0.3) is 0 Å². The fourth-order valence-electron chi connectivity index (χ4n) is 2.52. The van der Waals surface area contributed by atoms with Gasteiger partial charge in [0.2, 0.25) is 0 Å². The Hall–Kier alpha value is -0.0400. The van der Waals surface area contributed by atoms with Crippen molar-refractivity contribution in [1.29, 1.82) is 0 Å². The molecule has 0 aliphatic heterocycles. The molecular weight excluding hydrogens is 160 g/mol. The summed E-state index contributed by atoms with van der Waals surface area (Å²) in [7, 11) is 1.80. The maximum Gasteiger partial charge on any atom is 0.0516 e. The first-order chi connectivity index (χ1) is 5.89. The van der Waals surface area contributed by atoms with E-state index in [0.717, 1.165) is 18.4 Å². The maximum atomic E-state index is 5.31. The van der Waals surface area contributed by atoms with Gasteiger partial charge < -0.3 is 4.74 Å². The summed E-state index contributed by atoms with van der Waals surface area (Å²) < 4.78 is 5.31. The zero-order valence-corrected chi connectivity index (χ0v) is 10.2. The Morgan fingerprint density at radius 3 is 1.62 bits per heavy atom. The zero-order valence-electron chi connectivity index (χ0n) is 10.2. The summed E-state index contributed by atoms with van der Waals surface area (Å²) >= 11 is 0. The summed E-state index contributed by atoms with van der Waals surface area (Å²) in [5, 5.41) is 0. The standard InChI is InChI=1S/C12H26O/c1-10(2)7-12(5,9-13-6)8-11(3)4/h10-11H,7-9H2,1-6H3. The van der Waals surface area contributed by atoms with E-state index in [2.05, 4.69) is 34.6 Å². The molecule has 0 unspecified atom stereocenters. The van der Waals surface area contributed by atoms with Crippen molar-refractivity contribution in [2.75, 3.05) is 13.7 Å². The Balaban J connectivity index is 4.15. The lowest BCUT2D eigenvalue weighted by Crippen LogP contribution is -2.26. The second kappa shape index (κ2) is 5.64. The Labute approximate surface area is 83.9 Å². The SMILES string of the molecule is COCC(C)(CC(C)C)CC(C)C. The van der Waals surface area contributed by atoms with Crippen LogP contribution in [0.1, 0.15) is 47.5 Å². The summed E-state index contributed by atoms with van der Waals surface area (Å²) in [5.74, 6) is 1.53. The molecule has 13 heavy (non-hydrogen) atoms. The molecule has 80 valence electrons. The summed E-state index contributed by atoms with van der Waals surface area (Å²) in [6.45, 7) is 12.4. The Morgan fingerprint density at radius 1 is 1.00 bits per heavy atom. The van der Waals surface area contributed by atoms with E-state index in [1.165, 1.54) is 12.8 Å². The lowest BCUT2D eigenvalue weighted by atomic mass is 9.76. The smallest absolute Gasteiger partial charge is 0.0516 e. The van der Waals surface area contributed by atoms with Crippen molar-refractivity contribution in [3.63, 3.8) is 0 Å². The van der Waals surface area contributed by atoms with E-state index in [1.807, 2.05) is 0 Å². The van der Waals surface area contributed by atoms with Crippen molar-refractivity contribution in [3.05, 3.63) is 0 Å². The monoisotopic (exact) mass is 186 g/mol. The molecule has 0 radical (unpaired) electrons. The molecule has 0 bridgehead atoms. The van der Waals surface area contributed by atoms with Crippen molar-refractivity contribution in [2.24, 2.45) is 17.3 Å². The largest absolute Gasteiger partial charge is 0.384 e. The first-order valence-electron chi connectivity index (χ1n) is 5.38. The van der Waals surface area contributed by atoms with Crippen molar-refractivity contribution in [1.82, 2.24) is 0 Å². The van der Waals surface area contributed by atoms with Crippen LogP contribution in [0.4, 0.5) is 0 Å². The van der Waals surface area contributed by atoms with Gasteiger partial charge in [-0.1, -0.05) is 34.6 Å². The average Bonchev–Trinajstić information content (AvgIpc) is 1.81. The lowest BCUT2D eigenvalue weighted by molar-refractivity contribution is 0.0595. The first-order valence-corrected chi connectivity index (χ1v) is 5.38. The Morgan fingerprint density at radius 2 is 1.38 bits per heavy atom. The third-order valence-electron chi connectivity index (χ3n) is 2.29. The normalized spacial score (nSPS) is 12.9. The van der Waals surface area contributed by atoms with Crippen LogP contribution in [0.15, 0.2) is 0 Å². The number of hydrogen-bond acceptors (Lipinski definition) is 1. The molecule has 0 amide bonds. The van der Waals surface area contributed by atoms with Crippen LogP contribution in [0.5, 0.6) is 0 Å². The molecule has 0 aliphatic carbocycles. The molecule has 0 saturated carbocycles. The van der Waals surface area contributed by atoms with E-state index < -0.39 is 0 Å². The molecule has 0 aliphatic rings. The van der Waals surface area contributed by atoms with Gasteiger partial charge in [0.15, 0.2) is 0 Å². The highest BCUT2D eigenvalue weighted by Gasteiger charge is 2.26. The van der Waals surface area contributed by atoms with Crippen LogP contribution in [0.25, 0.3) is 0 Å². The van der Waals surface area contributed by atoms with Crippen LogP contribution >= 0.6 is 0 Å². The van der Waals surface area contributed by atoms with Gasteiger partial charge in [-0.3, -0.25) is 0 Å². The van der Waals surface area contributed by atoms with Crippen molar-refractivity contribution in [2.45, 2.75) is 47.5 Å². The van der Waals surface area contributed by atoms with Crippen molar-refractivity contribution < 1.29 is 4.74 Å². The highest BCUT2D eigenvalue weighted by molar-refractivity contribution is 4.76. The predicted octanol–water partition coefficient (Wildman–Crippen LogP) is 3.73. The highest BCUT2D eigenvalue weighted by Crippen LogP contribution is 2.33. The van der Waals surface area contributed by atoms with Crippen LogP contribution < -0.4 is 0 Å². The molecule has 0 aromatic carbocycles. The van der Waals surface area contributed by atoms with Crippen LogP contribution in [-0.2, 0) is 4.74 Å². The molecule has 0 saturated heterocycles. The summed E-state index contributed by atoms with van der Waals surface area (Å²) in [6, 6.07) is 0. The van der Waals surface area contributed by atoms with Gasteiger partial charge in [0.05, 0.1) is 6.61 Å². The Bertz CT molecular complexity index is 117. The highest BCUT2D eigenvalue weighted by atomic mass is 16.5. The first kappa shape index (κ1) is 13.0. The van der Waals surface area contributed by atoms with Gasteiger partial charge in [0.1, 0.15) is 0 Å². The number of rotatable bonds is 6. The fraction of sp³-hybridized carbons (Fsp3) is 1.00. The quantitative estimate of drug-likeness (QED) is 0.614. The van der Waals surface area contributed by atoms with Gasteiger partial charge >= 0.3 is 0 Å². The molecule has 0 atom stereocenters. The van der Waals surface area contributed by atoms with Crippen LogP contribution in [-0.4, -0.2) is 13.7 Å². The molecule has 0 aromatic heterocycles. The van der Waals surface area contributed by atoms with Crippen molar-refractivity contribution >= 4 is 0 Å². The molecule has 0 fully saturated rings. The average molecular weight is 186 g/mol. The minimum absolute atomic E-state index is 0.372. The molecule has 0 heterocycles. The maximum absolute atomic E-state index is 5.31. The molecule has 0 aromatic rings. The predicted molar refractivity (Wildman–Crippen MR) is 58.9 cm³/mol. The summed E-state index contributed by atoms with van der Waals surface area (Å²) in [6.07, 6.45) is 2.53. The van der Waals surface area contributed by atoms with Gasteiger partial charge in [0, 0.05) is 7.11 Å². The van der Waals surface area contributed by atoms with Gasteiger partial charge in [-0.15, -0.1) is 0 Å². The van der Waals surface area contributed by atoms with E-state index in [9.17, 15) is 0 Å². The number of hydrogen-bond donors (Lipinski definition) is 0. The third kappa shape index (κ3) is 6.09. The molecule has 0 rings (SSSR count). The minimum atomic E-state index is 0.372. The van der Waals surface area contributed by atoms with Gasteiger partial charge in [-0.25, -0.2) is 0 Å². The van der Waals surface area contributed by atoms with E-state index in [1.54, 1.807) is 7.11 Å². The zero-order chi connectivity index (χ0) is 10.5. The molecule has 1 nitrogen and oxygen atoms in total. The van der Waals surface area contributed by atoms with Gasteiger partial charge in [-0.2, -0.15) is 0 Å². The van der Waals surface area contributed by atoms with Crippen LogP contribution in [0.2, 0.25) is 0 Å². The fourth-order valence-corrected chi connectivity index (χ4v) is 2.52. The van der Waals surface area contributed by atoms with Crippen LogP contribution in [0, 0.1) is 17.3 Å². The minimum Gasteiger partial charge on any atom is -0.384 e. The Kier molecular flexibility index (Phi) is 5.62. The van der Waals surface area contributed by atoms with Gasteiger partial charge in [-0.05, 0) is 30.1 Å². The topological polar surface area (TPSA) is 9.23 Å². The van der Waals surface area contributed by atoms with E-state index in [0.29, 0.717) is 5.41 Å². The van der Waals surface area contributed by atoms with E-state index in [4.69, 9.17) is 4.74 Å². The molecule has 1 heteroatoms. The lowest BCUT2D eigenvalue weighted by Gasteiger charge is -2.32. The summed E-state index contributed by atoms with van der Waals surface area (Å²) in [4.78, 5) is 0. The second-order valence-electron chi connectivity index (χ2n) is 5.44. The van der Waals surface area contributed by atoms with E-state index in [-0.39, 0.29) is 0 Å². The van der Waals surface area contributed by atoms with Crippen LogP contribution in [0.3, 0.4) is 0 Å².